The van der Waals surface area contributed by atoms with Gasteiger partial charge in [-0.25, -0.2) is 4.79 Å². The van der Waals surface area contributed by atoms with Gasteiger partial charge in [0.2, 0.25) is 0 Å². The molecule has 0 aromatic carbocycles. The largest absolute Gasteiger partial charge is 0.481 e. The Bertz CT molecular complexity index is 219. The summed E-state index contributed by atoms with van der Waals surface area (Å²) in [6, 6.07) is -0.562. The van der Waals surface area contributed by atoms with Gasteiger partial charge in [0.15, 0.2) is 0 Å². The van der Waals surface area contributed by atoms with Crippen molar-refractivity contribution in [3.05, 3.63) is 0 Å². The van der Waals surface area contributed by atoms with E-state index in [1.807, 2.05) is 6.92 Å². The number of carbonyl (C=O) groups is 2. The van der Waals surface area contributed by atoms with Gasteiger partial charge in [-0.05, 0) is 12.8 Å². The van der Waals surface area contributed by atoms with Crippen LogP contribution in [0.3, 0.4) is 0 Å². The van der Waals surface area contributed by atoms with E-state index < -0.39 is 5.97 Å². The molecule has 0 aliphatic rings. The van der Waals surface area contributed by atoms with Gasteiger partial charge < -0.3 is 15.7 Å². The van der Waals surface area contributed by atoms with Crippen LogP contribution in [-0.2, 0) is 4.79 Å². The molecule has 5 nitrogen and oxygen atoms in total. The lowest BCUT2D eigenvalue weighted by atomic mass is 10.1. The molecule has 0 spiro atoms. The van der Waals surface area contributed by atoms with Gasteiger partial charge in [0.1, 0.15) is 0 Å². The molecule has 0 radical (unpaired) electrons. The highest BCUT2D eigenvalue weighted by atomic mass is 16.4. The van der Waals surface area contributed by atoms with Crippen molar-refractivity contribution < 1.29 is 14.7 Å². The molecule has 0 rings (SSSR count). The first-order valence-electron chi connectivity index (χ1n) is 5.86. The van der Waals surface area contributed by atoms with E-state index in [-0.39, 0.29) is 18.5 Å². The predicted molar refractivity (Wildman–Crippen MR) is 62.4 cm³/mol. The minimum atomic E-state index is -0.891. The molecule has 0 saturated carbocycles. The van der Waals surface area contributed by atoms with Crippen LogP contribution in [0.2, 0.25) is 0 Å². The average Bonchev–Trinajstić information content (AvgIpc) is 2.23. The summed E-state index contributed by atoms with van der Waals surface area (Å²) in [6.07, 6.45) is 3.75. The van der Waals surface area contributed by atoms with E-state index in [1.54, 1.807) is 0 Å². The van der Waals surface area contributed by atoms with E-state index in [1.165, 1.54) is 0 Å². The zero-order valence-corrected chi connectivity index (χ0v) is 10.1. The molecule has 2 amide bonds. The van der Waals surface area contributed by atoms with Crippen molar-refractivity contribution in [2.75, 3.05) is 6.54 Å². The van der Waals surface area contributed by atoms with Crippen molar-refractivity contribution in [3.8, 4) is 0 Å². The second-order valence-electron chi connectivity index (χ2n) is 3.81. The third-order valence-corrected chi connectivity index (χ3v) is 2.31. The summed E-state index contributed by atoms with van der Waals surface area (Å²) < 4.78 is 0. The molecular formula is C11H22N2O3. The van der Waals surface area contributed by atoms with E-state index in [9.17, 15) is 9.59 Å². The third-order valence-electron chi connectivity index (χ3n) is 2.31. The lowest BCUT2D eigenvalue weighted by Gasteiger charge is -2.15. The summed E-state index contributed by atoms with van der Waals surface area (Å²) in [7, 11) is 0. The van der Waals surface area contributed by atoms with Gasteiger partial charge in [-0.1, -0.05) is 26.7 Å². The fourth-order valence-corrected chi connectivity index (χ4v) is 1.32. The number of carbonyl (C=O) groups excluding carboxylic acids is 1. The van der Waals surface area contributed by atoms with Crippen LogP contribution in [0.4, 0.5) is 4.79 Å². The minimum absolute atomic E-state index is 0.0289. The Morgan fingerprint density at radius 1 is 1.25 bits per heavy atom. The fourth-order valence-electron chi connectivity index (χ4n) is 1.32. The molecule has 1 atom stereocenters. The zero-order chi connectivity index (χ0) is 12.4. The molecule has 3 N–H and O–H groups in total. The Balaban J connectivity index is 3.70. The standard InChI is InChI=1S/C11H22N2O3/c1-3-5-6-7-12-11(16)13-9(4-2)8-10(14)15/h9H,3-8H2,1-2H3,(H,14,15)(H2,12,13,16). The lowest BCUT2D eigenvalue weighted by Crippen LogP contribution is -2.43. The Hall–Kier alpha value is -1.26. The van der Waals surface area contributed by atoms with E-state index in [2.05, 4.69) is 17.6 Å². The normalized spacial score (nSPS) is 11.9. The quantitative estimate of drug-likeness (QED) is 0.556. The van der Waals surface area contributed by atoms with Crippen molar-refractivity contribution >= 4 is 12.0 Å². The number of amides is 2. The van der Waals surface area contributed by atoms with Crippen molar-refractivity contribution in [2.45, 2.75) is 52.0 Å². The molecule has 0 aromatic heterocycles. The van der Waals surface area contributed by atoms with Crippen molar-refractivity contribution in [3.63, 3.8) is 0 Å². The summed E-state index contributed by atoms with van der Waals surface area (Å²) in [5.41, 5.74) is 0. The highest BCUT2D eigenvalue weighted by Crippen LogP contribution is 1.97. The molecule has 0 heterocycles. The number of carboxylic acid groups (broad SMARTS) is 1. The first-order chi connectivity index (χ1) is 7.60. The lowest BCUT2D eigenvalue weighted by molar-refractivity contribution is -0.137. The number of aliphatic carboxylic acids is 1. The van der Waals surface area contributed by atoms with Crippen LogP contribution in [0.15, 0.2) is 0 Å². The fraction of sp³-hybridized carbons (Fsp3) is 0.818. The minimum Gasteiger partial charge on any atom is -0.481 e. The summed E-state index contributed by atoms with van der Waals surface area (Å²) in [4.78, 5) is 21.8. The van der Waals surface area contributed by atoms with Gasteiger partial charge in [-0.3, -0.25) is 4.79 Å². The number of hydrogen-bond acceptors (Lipinski definition) is 2. The van der Waals surface area contributed by atoms with E-state index in [4.69, 9.17) is 5.11 Å². The number of hydrogen-bond donors (Lipinski definition) is 3. The average molecular weight is 230 g/mol. The molecule has 16 heavy (non-hydrogen) atoms. The first-order valence-corrected chi connectivity index (χ1v) is 5.86. The number of unbranched alkanes of at least 4 members (excludes halogenated alkanes) is 2. The Morgan fingerprint density at radius 2 is 1.94 bits per heavy atom. The summed E-state index contributed by atoms with van der Waals surface area (Å²) in [6.45, 7) is 4.59. The van der Waals surface area contributed by atoms with Crippen molar-refractivity contribution in [1.29, 1.82) is 0 Å². The Kier molecular flexibility index (Phi) is 8.29. The molecule has 0 aliphatic carbocycles. The maximum atomic E-state index is 11.3. The number of nitrogens with one attached hydrogen (secondary N) is 2. The molecule has 1 unspecified atom stereocenters. The number of urea groups is 1. The smallest absolute Gasteiger partial charge is 0.315 e. The van der Waals surface area contributed by atoms with Gasteiger partial charge in [-0.15, -0.1) is 0 Å². The van der Waals surface area contributed by atoms with Gasteiger partial charge in [0.25, 0.3) is 0 Å². The molecule has 5 heteroatoms. The SMILES string of the molecule is CCCCCNC(=O)NC(CC)CC(=O)O. The summed E-state index contributed by atoms with van der Waals surface area (Å²) in [5, 5.41) is 14.0. The van der Waals surface area contributed by atoms with E-state index in [0.717, 1.165) is 19.3 Å². The molecule has 94 valence electrons. The van der Waals surface area contributed by atoms with Crippen LogP contribution in [0.5, 0.6) is 0 Å². The van der Waals surface area contributed by atoms with E-state index in [0.29, 0.717) is 13.0 Å². The monoisotopic (exact) mass is 230 g/mol. The van der Waals surface area contributed by atoms with Crippen LogP contribution in [0, 0.1) is 0 Å². The van der Waals surface area contributed by atoms with Crippen LogP contribution in [0.25, 0.3) is 0 Å². The second kappa shape index (κ2) is 9.00. The van der Waals surface area contributed by atoms with Crippen LogP contribution in [-0.4, -0.2) is 29.7 Å². The van der Waals surface area contributed by atoms with Crippen LogP contribution >= 0.6 is 0 Å². The van der Waals surface area contributed by atoms with Gasteiger partial charge in [0.05, 0.1) is 6.42 Å². The summed E-state index contributed by atoms with van der Waals surface area (Å²) in [5.74, 6) is -0.891. The third kappa shape index (κ3) is 8.08. The molecule has 0 fully saturated rings. The molecule has 0 aliphatic heterocycles. The van der Waals surface area contributed by atoms with Crippen molar-refractivity contribution in [2.24, 2.45) is 0 Å². The Morgan fingerprint density at radius 3 is 2.44 bits per heavy atom. The molecule has 0 aromatic rings. The number of carboxylic acids is 1. The number of rotatable bonds is 8. The second-order valence-corrected chi connectivity index (χ2v) is 3.81. The van der Waals surface area contributed by atoms with Gasteiger partial charge in [-0.2, -0.15) is 0 Å². The summed E-state index contributed by atoms with van der Waals surface area (Å²) >= 11 is 0. The highest BCUT2D eigenvalue weighted by molar-refractivity contribution is 5.75. The van der Waals surface area contributed by atoms with Crippen molar-refractivity contribution in [1.82, 2.24) is 10.6 Å². The first kappa shape index (κ1) is 14.7. The Labute approximate surface area is 96.6 Å². The van der Waals surface area contributed by atoms with Gasteiger partial charge >= 0.3 is 12.0 Å². The maximum Gasteiger partial charge on any atom is 0.315 e. The van der Waals surface area contributed by atoms with Crippen LogP contribution < -0.4 is 10.6 Å². The highest BCUT2D eigenvalue weighted by Gasteiger charge is 2.13. The maximum absolute atomic E-state index is 11.3. The molecule has 0 saturated heterocycles. The molecular weight excluding hydrogens is 208 g/mol. The molecule has 0 bridgehead atoms. The van der Waals surface area contributed by atoms with Crippen LogP contribution in [0.1, 0.15) is 46.0 Å². The van der Waals surface area contributed by atoms with Gasteiger partial charge in [0, 0.05) is 12.6 Å². The predicted octanol–water partition coefficient (Wildman–Crippen LogP) is 1.73. The topological polar surface area (TPSA) is 78.4 Å². The van der Waals surface area contributed by atoms with E-state index >= 15 is 0 Å². The zero-order valence-electron chi connectivity index (χ0n) is 10.1.